The Labute approximate surface area is 107 Å². The second kappa shape index (κ2) is 6.73. The fraction of sp³-hybridized carbons (Fsp3) is 1.00. The van der Waals surface area contributed by atoms with E-state index in [1.54, 1.807) is 0 Å². The predicted molar refractivity (Wildman–Crippen MR) is 66.4 cm³/mol. The SMILES string of the molecule is CCC(C)N1CCN(CC(CN)C(F)(F)F)CC1. The van der Waals surface area contributed by atoms with Gasteiger partial charge in [-0.1, -0.05) is 6.92 Å². The molecule has 0 aliphatic carbocycles. The highest BCUT2D eigenvalue weighted by Gasteiger charge is 2.39. The zero-order valence-electron chi connectivity index (χ0n) is 11.2. The summed E-state index contributed by atoms with van der Waals surface area (Å²) in [5, 5.41) is 0. The number of nitrogens with two attached hydrogens (primary N) is 1. The van der Waals surface area contributed by atoms with Crippen LogP contribution in [-0.4, -0.2) is 61.3 Å². The van der Waals surface area contributed by atoms with E-state index >= 15 is 0 Å². The fourth-order valence-electron chi connectivity index (χ4n) is 2.27. The van der Waals surface area contributed by atoms with E-state index in [9.17, 15) is 13.2 Å². The number of piperazine rings is 1. The quantitative estimate of drug-likeness (QED) is 0.820. The minimum atomic E-state index is -4.18. The maximum atomic E-state index is 12.6. The summed E-state index contributed by atoms with van der Waals surface area (Å²) >= 11 is 0. The first-order valence-electron chi connectivity index (χ1n) is 6.61. The van der Waals surface area contributed by atoms with E-state index in [2.05, 4.69) is 18.7 Å². The largest absolute Gasteiger partial charge is 0.394 e. The molecule has 0 aromatic heterocycles. The summed E-state index contributed by atoms with van der Waals surface area (Å²) in [7, 11) is 0. The third-order valence-electron chi connectivity index (χ3n) is 3.85. The van der Waals surface area contributed by atoms with Crippen LogP contribution in [0.25, 0.3) is 0 Å². The lowest BCUT2D eigenvalue weighted by Gasteiger charge is -2.39. The van der Waals surface area contributed by atoms with Gasteiger partial charge in [-0.15, -0.1) is 0 Å². The molecule has 2 N–H and O–H groups in total. The van der Waals surface area contributed by atoms with Crippen LogP contribution < -0.4 is 5.73 Å². The van der Waals surface area contributed by atoms with Gasteiger partial charge in [0.05, 0.1) is 5.92 Å². The van der Waals surface area contributed by atoms with Crippen molar-refractivity contribution in [3.63, 3.8) is 0 Å². The summed E-state index contributed by atoms with van der Waals surface area (Å²) in [5.74, 6) is -1.40. The van der Waals surface area contributed by atoms with Crippen molar-refractivity contribution in [2.75, 3.05) is 39.3 Å². The molecule has 0 bridgehead atoms. The highest BCUT2D eigenvalue weighted by molar-refractivity contribution is 4.79. The number of nitrogens with zero attached hydrogens (tertiary/aromatic N) is 2. The lowest BCUT2D eigenvalue weighted by molar-refractivity contribution is -0.177. The summed E-state index contributed by atoms with van der Waals surface area (Å²) in [6.45, 7) is 7.12. The van der Waals surface area contributed by atoms with E-state index in [1.165, 1.54) is 0 Å². The first-order valence-corrected chi connectivity index (χ1v) is 6.61. The molecular weight excluding hydrogens is 243 g/mol. The molecule has 0 aromatic carbocycles. The Balaban J connectivity index is 2.39. The van der Waals surface area contributed by atoms with Crippen molar-refractivity contribution in [3.05, 3.63) is 0 Å². The van der Waals surface area contributed by atoms with E-state index in [0.717, 1.165) is 19.5 Å². The molecule has 1 aliphatic rings. The summed E-state index contributed by atoms with van der Waals surface area (Å²) in [4.78, 5) is 4.21. The number of hydrogen-bond donors (Lipinski definition) is 1. The molecule has 0 saturated carbocycles. The molecule has 1 heterocycles. The van der Waals surface area contributed by atoms with Crippen molar-refractivity contribution < 1.29 is 13.2 Å². The van der Waals surface area contributed by atoms with Crippen molar-refractivity contribution in [3.8, 4) is 0 Å². The lowest BCUT2D eigenvalue weighted by atomic mass is 10.1. The smallest absolute Gasteiger partial charge is 0.330 e. The van der Waals surface area contributed by atoms with Crippen LogP contribution in [0.4, 0.5) is 13.2 Å². The zero-order chi connectivity index (χ0) is 13.8. The van der Waals surface area contributed by atoms with Gasteiger partial charge in [-0.2, -0.15) is 13.2 Å². The van der Waals surface area contributed by atoms with E-state index in [-0.39, 0.29) is 13.1 Å². The summed E-state index contributed by atoms with van der Waals surface area (Å²) in [5.41, 5.74) is 5.22. The first-order chi connectivity index (χ1) is 8.38. The molecule has 6 heteroatoms. The standard InChI is InChI=1S/C12H24F3N3/c1-3-10(2)18-6-4-17(5-7-18)9-11(8-16)12(13,14)15/h10-11H,3-9,16H2,1-2H3. The molecule has 0 radical (unpaired) electrons. The average molecular weight is 267 g/mol. The average Bonchev–Trinajstić information content (AvgIpc) is 2.34. The van der Waals surface area contributed by atoms with Gasteiger partial charge in [0, 0.05) is 45.3 Å². The van der Waals surface area contributed by atoms with E-state index in [0.29, 0.717) is 19.1 Å². The Morgan fingerprint density at radius 3 is 2.11 bits per heavy atom. The lowest BCUT2D eigenvalue weighted by Crippen LogP contribution is -2.52. The molecule has 1 fully saturated rings. The third kappa shape index (κ3) is 4.40. The minimum Gasteiger partial charge on any atom is -0.330 e. The normalized spacial score (nSPS) is 23.0. The van der Waals surface area contributed by atoms with Crippen molar-refractivity contribution >= 4 is 0 Å². The summed E-state index contributed by atoms with van der Waals surface area (Å²) < 4.78 is 37.9. The molecule has 0 amide bonds. The third-order valence-corrected chi connectivity index (χ3v) is 3.85. The van der Waals surface area contributed by atoms with Crippen LogP contribution >= 0.6 is 0 Å². The van der Waals surface area contributed by atoms with E-state index in [1.807, 2.05) is 4.90 Å². The summed E-state index contributed by atoms with van der Waals surface area (Å²) in [6.07, 6.45) is -3.10. The van der Waals surface area contributed by atoms with Crippen LogP contribution in [-0.2, 0) is 0 Å². The van der Waals surface area contributed by atoms with Gasteiger partial charge in [-0.3, -0.25) is 4.90 Å². The Morgan fingerprint density at radius 1 is 1.17 bits per heavy atom. The second-order valence-electron chi connectivity index (χ2n) is 5.07. The topological polar surface area (TPSA) is 32.5 Å². The molecule has 1 aliphatic heterocycles. The molecule has 0 spiro atoms. The molecule has 1 rings (SSSR count). The number of halogens is 3. The van der Waals surface area contributed by atoms with Crippen molar-refractivity contribution in [2.24, 2.45) is 11.7 Å². The Morgan fingerprint density at radius 2 is 1.72 bits per heavy atom. The number of alkyl halides is 3. The van der Waals surface area contributed by atoms with Crippen molar-refractivity contribution in [1.29, 1.82) is 0 Å². The van der Waals surface area contributed by atoms with E-state index in [4.69, 9.17) is 5.73 Å². The van der Waals surface area contributed by atoms with Crippen LogP contribution in [0.2, 0.25) is 0 Å². The maximum absolute atomic E-state index is 12.6. The van der Waals surface area contributed by atoms with Crippen molar-refractivity contribution in [2.45, 2.75) is 32.5 Å². The molecular formula is C12H24F3N3. The molecule has 2 atom stereocenters. The maximum Gasteiger partial charge on any atom is 0.394 e. The Bertz CT molecular complexity index is 237. The Kier molecular flexibility index (Phi) is 5.88. The van der Waals surface area contributed by atoms with Crippen LogP contribution in [0.3, 0.4) is 0 Å². The zero-order valence-corrected chi connectivity index (χ0v) is 11.2. The van der Waals surface area contributed by atoms with E-state index < -0.39 is 12.1 Å². The highest BCUT2D eigenvalue weighted by Crippen LogP contribution is 2.26. The molecule has 0 aromatic rings. The van der Waals surface area contributed by atoms with Gasteiger partial charge >= 0.3 is 6.18 Å². The van der Waals surface area contributed by atoms with Gasteiger partial charge in [0.25, 0.3) is 0 Å². The fourth-order valence-corrected chi connectivity index (χ4v) is 2.27. The highest BCUT2D eigenvalue weighted by atomic mass is 19.4. The predicted octanol–water partition coefficient (Wildman–Crippen LogP) is 1.54. The Hall–Kier alpha value is -0.330. The van der Waals surface area contributed by atoms with Gasteiger partial charge in [-0.25, -0.2) is 0 Å². The number of hydrogen-bond acceptors (Lipinski definition) is 3. The second-order valence-corrected chi connectivity index (χ2v) is 5.07. The van der Waals surface area contributed by atoms with Crippen LogP contribution in [0.15, 0.2) is 0 Å². The molecule has 18 heavy (non-hydrogen) atoms. The van der Waals surface area contributed by atoms with Gasteiger partial charge < -0.3 is 10.6 Å². The van der Waals surface area contributed by atoms with Crippen LogP contribution in [0, 0.1) is 5.92 Å². The van der Waals surface area contributed by atoms with Gasteiger partial charge in [0.2, 0.25) is 0 Å². The van der Waals surface area contributed by atoms with Gasteiger partial charge in [-0.05, 0) is 13.3 Å². The van der Waals surface area contributed by atoms with Crippen LogP contribution in [0.5, 0.6) is 0 Å². The molecule has 108 valence electrons. The molecule has 3 nitrogen and oxygen atoms in total. The van der Waals surface area contributed by atoms with Crippen LogP contribution in [0.1, 0.15) is 20.3 Å². The first kappa shape index (κ1) is 15.7. The molecule has 1 saturated heterocycles. The van der Waals surface area contributed by atoms with Gasteiger partial charge in [0.1, 0.15) is 0 Å². The van der Waals surface area contributed by atoms with Crippen molar-refractivity contribution in [1.82, 2.24) is 9.80 Å². The molecule has 2 unspecified atom stereocenters. The minimum absolute atomic E-state index is 0.0361. The monoisotopic (exact) mass is 267 g/mol. The number of rotatable bonds is 5. The summed E-state index contributed by atoms with van der Waals surface area (Å²) in [6, 6.07) is 0.514. The van der Waals surface area contributed by atoms with Gasteiger partial charge in [0.15, 0.2) is 0 Å².